The third-order valence-electron chi connectivity index (χ3n) is 5.54. The molecule has 28 heavy (non-hydrogen) atoms. The maximum Gasteiger partial charge on any atom is 0.173 e. The third kappa shape index (κ3) is 3.67. The van der Waals surface area contributed by atoms with E-state index >= 15 is 0 Å². The summed E-state index contributed by atoms with van der Waals surface area (Å²) in [5.41, 5.74) is 1.86. The van der Waals surface area contributed by atoms with Gasteiger partial charge in [-0.15, -0.1) is 0 Å². The number of hydrogen-bond acceptors (Lipinski definition) is 4. The topological polar surface area (TPSA) is 44.8 Å². The average Bonchev–Trinajstić information content (AvgIpc) is 2.73. The van der Waals surface area contributed by atoms with Crippen LogP contribution in [0.25, 0.3) is 5.57 Å². The SMILES string of the molecule is COc1ccccc1C1=COC2CC(OCc3ccccc3F)CCC2C1=O. The van der Waals surface area contributed by atoms with Crippen molar-refractivity contribution in [2.45, 2.75) is 38.1 Å². The summed E-state index contributed by atoms with van der Waals surface area (Å²) in [6.45, 7) is 0.227. The van der Waals surface area contributed by atoms with Gasteiger partial charge in [-0.1, -0.05) is 36.4 Å². The molecule has 1 aliphatic heterocycles. The van der Waals surface area contributed by atoms with E-state index in [0.29, 0.717) is 29.7 Å². The number of hydrogen-bond donors (Lipinski definition) is 0. The standard InChI is InChI=1S/C23H23FO4/c1-26-21-9-5-3-7-17(21)19-14-28-22-12-16(10-11-18(22)23(19)25)27-13-15-6-2-4-8-20(15)24/h2-9,14,16,18,22H,10-13H2,1H3. The zero-order valence-electron chi connectivity index (χ0n) is 15.8. The van der Waals surface area contributed by atoms with Gasteiger partial charge >= 0.3 is 0 Å². The molecule has 0 radical (unpaired) electrons. The lowest BCUT2D eigenvalue weighted by molar-refractivity contribution is -0.128. The minimum atomic E-state index is -0.260. The molecule has 1 aliphatic carbocycles. The minimum absolute atomic E-state index is 0.0464. The van der Waals surface area contributed by atoms with Crippen molar-refractivity contribution < 1.29 is 23.4 Å². The summed E-state index contributed by atoms with van der Waals surface area (Å²) in [5, 5.41) is 0. The molecule has 0 spiro atoms. The number of carbonyl (C=O) groups is 1. The number of halogens is 1. The van der Waals surface area contributed by atoms with Gasteiger partial charge < -0.3 is 14.2 Å². The van der Waals surface area contributed by atoms with Crippen molar-refractivity contribution in [2.75, 3.05) is 7.11 Å². The molecule has 2 aliphatic rings. The first-order valence-corrected chi connectivity index (χ1v) is 9.55. The molecule has 1 saturated carbocycles. The molecule has 2 aromatic carbocycles. The van der Waals surface area contributed by atoms with Crippen LogP contribution >= 0.6 is 0 Å². The third-order valence-corrected chi connectivity index (χ3v) is 5.54. The van der Waals surface area contributed by atoms with E-state index in [1.807, 2.05) is 24.3 Å². The Bertz CT molecular complexity index is 892. The number of ketones is 1. The highest BCUT2D eigenvalue weighted by Crippen LogP contribution is 2.39. The number of methoxy groups -OCH3 is 1. The number of benzene rings is 2. The predicted octanol–water partition coefficient (Wildman–Crippen LogP) is 4.53. The molecule has 3 atom stereocenters. The smallest absolute Gasteiger partial charge is 0.173 e. The Labute approximate surface area is 163 Å². The number of fused-ring (bicyclic) bond motifs is 1. The van der Waals surface area contributed by atoms with Crippen molar-refractivity contribution in [3.05, 3.63) is 71.7 Å². The van der Waals surface area contributed by atoms with Crippen LogP contribution in [0.15, 0.2) is 54.8 Å². The summed E-state index contributed by atoms with van der Waals surface area (Å²) in [4.78, 5) is 13.1. The van der Waals surface area contributed by atoms with Crippen molar-refractivity contribution in [2.24, 2.45) is 5.92 Å². The maximum absolute atomic E-state index is 13.8. The van der Waals surface area contributed by atoms with Crippen LogP contribution in [-0.4, -0.2) is 25.1 Å². The lowest BCUT2D eigenvalue weighted by atomic mass is 9.77. The van der Waals surface area contributed by atoms with Crippen molar-refractivity contribution in [3.63, 3.8) is 0 Å². The van der Waals surface area contributed by atoms with Crippen molar-refractivity contribution >= 4 is 11.4 Å². The van der Waals surface area contributed by atoms with E-state index in [1.165, 1.54) is 6.07 Å². The molecule has 0 amide bonds. The Hall–Kier alpha value is -2.66. The number of allylic oxidation sites excluding steroid dienone is 1. The van der Waals surface area contributed by atoms with Gasteiger partial charge in [-0.05, 0) is 25.0 Å². The van der Waals surface area contributed by atoms with E-state index in [-0.39, 0.29) is 36.3 Å². The highest BCUT2D eigenvalue weighted by molar-refractivity contribution is 6.22. The molecule has 2 aromatic rings. The van der Waals surface area contributed by atoms with Crippen LogP contribution in [0.4, 0.5) is 4.39 Å². The van der Waals surface area contributed by atoms with Gasteiger partial charge in [-0.2, -0.15) is 0 Å². The Morgan fingerprint density at radius 3 is 2.71 bits per heavy atom. The number of Topliss-reactive ketones (excluding diaryl/α,β-unsaturated/α-hetero) is 1. The van der Waals surface area contributed by atoms with Crippen LogP contribution < -0.4 is 4.74 Å². The van der Waals surface area contributed by atoms with Gasteiger partial charge in [0.25, 0.3) is 0 Å². The molecule has 1 heterocycles. The molecule has 0 bridgehead atoms. The van der Waals surface area contributed by atoms with Crippen molar-refractivity contribution in [1.29, 1.82) is 0 Å². The molecule has 4 nitrogen and oxygen atoms in total. The molecule has 0 saturated heterocycles. The van der Waals surface area contributed by atoms with Crippen LogP contribution in [0.3, 0.4) is 0 Å². The summed E-state index contributed by atoms with van der Waals surface area (Å²) in [7, 11) is 1.59. The lowest BCUT2D eigenvalue weighted by Gasteiger charge is -2.37. The molecule has 3 unspecified atom stereocenters. The van der Waals surface area contributed by atoms with Gasteiger partial charge in [0.15, 0.2) is 5.78 Å². The number of para-hydroxylation sites is 1. The molecule has 0 N–H and O–H groups in total. The van der Waals surface area contributed by atoms with Crippen LogP contribution in [0.1, 0.15) is 30.4 Å². The zero-order valence-corrected chi connectivity index (χ0v) is 15.8. The quantitative estimate of drug-likeness (QED) is 0.762. The largest absolute Gasteiger partial charge is 0.496 e. The van der Waals surface area contributed by atoms with Gasteiger partial charge in [0, 0.05) is 17.5 Å². The molecule has 4 rings (SSSR count). The number of carbonyl (C=O) groups excluding carboxylic acids is 1. The van der Waals surface area contributed by atoms with E-state index in [2.05, 4.69) is 0 Å². The summed E-state index contributed by atoms with van der Waals surface area (Å²) in [6, 6.07) is 14.1. The Balaban J connectivity index is 1.43. The van der Waals surface area contributed by atoms with Crippen LogP contribution in [0.2, 0.25) is 0 Å². The van der Waals surface area contributed by atoms with Gasteiger partial charge in [-0.3, -0.25) is 4.79 Å². The summed E-state index contributed by atoms with van der Waals surface area (Å²) in [6.07, 6.45) is 3.38. The first-order valence-electron chi connectivity index (χ1n) is 9.55. The molecule has 1 fully saturated rings. The first-order chi connectivity index (χ1) is 13.7. The highest BCUT2D eigenvalue weighted by atomic mass is 19.1. The van der Waals surface area contributed by atoms with E-state index in [1.54, 1.807) is 31.6 Å². The normalized spacial score (nSPS) is 24.1. The van der Waals surface area contributed by atoms with Gasteiger partial charge in [-0.25, -0.2) is 4.39 Å². The van der Waals surface area contributed by atoms with E-state index in [9.17, 15) is 9.18 Å². The Kier molecular flexibility index (Phi) is 5.44. The van der Waals surface area contributed by atoms with Crippen molar-refractivity contribution in [3.8, 4) is 5.75 Å². The fourth-order valence-electron chi connectivity index (χ4n) is 3.99. The Morgan fingerprint density at radius 2 is 1.89 bits per heavy atom. The molecular formula is C23H23FO4. The minimum Gasteiger partial charge on any atom is -0.496 e. The number of ether oxygens (including phenoxy) is 3. The zero-order chi connectivity index (χ0) is 19.5. The summed E-state index contributed by atoms with van der Waals surface area (Å²) >= 11 is 0. The second-order valence-electron chi connectivity index (χ2n) is 7.21. The van der Waals surface area contributed by atoms with Crippen molar-refractivity contribution in [1.82, 2.24) is 0 Å². The summed E-state index contributed by atoms with van der Waals surface area (Å²) < 4.78 is 31.0. The van der Waals surface area contributed by atoms with Gasteiger partial charge in [0.05, 0.1) is 37.6 Å². The summed E-state index contributed by atoms with van der Waals surface area (Å²) in [5.74, 6) is 0.308. The second kappa shape index (κ2) is 8.15. The van der Waals surface area contributed by atoms with Crippen LogP contribution in [-0.2, 0) is 20.9 Å². The van der Waals surface area contributed by atoms with E-state index < -0.39 is 0 Å². The molecule has 0 aromatic heterocycles. The van der Waals surface area contributed by atoms with E-state index in [0.717, 1.165) is 12.0 Å². The first kappa shape index (κ1) is 18.7. The fraction of sp³-hybridized carbons (Fsp3) is 0.348. The lowest BCUT2D eigenvalue weighted by Crippen LogP contribution is -2.41. The fourth-order valence-corrected chi connectivity index (χ4v) is 3.99. The maximum atomic E-state index is 13.8. The average molecular weight is 382 g/mol. The molecule has 146 valence electrons. The van der Waals surface area contributed by atoms with Gasteiger partial charge in [0.2, 0.25) is 0 Å². The van der Waals surface area contributed by atoms with Gasteiger partial charge in [0.1, 0.15) is 17.7 Å². The van der Waals surface area contributed by atoms with Crippen LogP contribution in [0, 0.1) is 11.7 Å². The monoisotopic (exact) mass is 382 g/mol. The molecular weight excluding hydrogens is 359 g/mol. The van der Waals surface area contributed by atoms with E-state index in [4.69, 9.17) is 14.2 Å². The highest BCUT2D eigenvalue weighted by Gasteiger charge is 2.41. The molecule has 5 heteroatoms. The Morgan fingerprint density at radius 1 is 1.11 bits per heavy atom. The number of rotatable bonds is 5. The predicted molar refractivity (Wildman–Crippen MR) is 103 cm³/mol. The second-order valence-corrected chi connectivity index (χ2v) is 7.21. The van der Waals surface area contributed by atoms with Crippen LogP contribution in [0.5, 0.6) is 5.75 Å².